The molecule has 1 aromatic carbocycles. The highest BCUT2D eigenvalue weighted by molar-refractivity contribution is 7.92. The van der Waals surface area contributed by atoms with Crippen LogP contribution in [0.2, 0.25) is 0 Å². The normalized spacial score (nSPS) is 11.2. The quantitative estimate of drug-likeness (QED) is 0.903. The van der Waals surface area contributed by atoms with E-state index < -0.39 is 10.0 Å². The van der Waals surface area contributed by atoms with Gasteiger partial charge >= 0.3 is 0 Å². The first-order valence-corrected chi connectivity index (χ1v) is 8.78. The van der Waals surface area contributed by atoms with E-state index in [1.807, 2.05) is 25.1 Å². The zero-order chi connectivity index (χ0) is 15.6. The van der Waals surface area contributed by atoms with Gasteiger partial charge in [-0.1, -0.05) is 23.5 Å². The number of benzene rings is 1. The van der Waals surface area contributed by atoms with E-state index in [0.29, 0.717) is 16.3 Å². The van der Waals surface area contributed by atoms with Crippen molar-refractivity contribution in [3.05, 3.63) is 40.4 Å². The van der Waals surface area contributed by atoms with Gasteiger partial charge in [0.1, 0.15) is 4.88 Å². The molecule has 0 bridgehead atoms. The fourth-order valence-electron chi connectivity index (χ4n) is 1.72. The molecule has 0 aliphatic rings. The minimum Gasteiger partial charge on any atom is -0.321 e. The Hall–Kier alpha value is -1.93. The molecule has 8 heteroatoms. The van der Waals surface area contributed by atoms with Crippen molar-refractivity contribution in [3.63, 3.8) is 0 Å². The van der Waals surface area contributed by atoms with Crippen LogP contribution in [0.15, 0.2) is 24.3 Å². The lowest BCUT2D eigenvalue weighted by molar-refractivity contribution is 0.103. The molecule has 2 rings (SSSR count). The van der Waals surface area contributed by atoms with Gasteiger partial charge in [-0.2, -0.15) is 0 Å². The van der Waals surface area contributed by atoms with Crippen molar-refractivity contribution in [2.24, 2.45) is 0 Å². The number of sulfonamides is 1. The number of rotatable bonds is 4. The molecule has 2 aromatic rings. The van der Waals surface area contributed by atoms with Gasteiger partial charge in [0.25, 0.3) is 5.91 Å². The van der Waals surface area contributed by atoms with E-state index in [9.17, 15) is 13.2 Å². The summed E-state index contributed by atoms with van der Waals surface area (Å²) in [6.07, 6.45) is 1.04. The molecule has 0 fully saturated rings. The molecule has 0 saturated heterocycles. The Labute approximate surface area is 127 Å². The molecule has 0 saturated carbocycles. The van der Waals surface area contributed by atoms with Gasteiger partial charge in [-0.3, -0.25) is 9.52 Å². The lowest BCUT2D eigenvalue weighted by Gasteiger charge is -2.04. The monoisotopic (exact) mass is 325 g/mol. The molecule has 1 amide bonds. The molecule has 1 heterocycles. The predicted octanol–water partition coefficient (Wildman–Crippen LogP) is 2.38. The molecular weight excluding hydrogens is 310 g/mol. The molecule has 112 valence electrons. The van der Waals surface area contributed by atoms with Gasteiger partial charge in [0.05, 0.1) is 11.9 Å². The summed E-state index contributed by atoms with van der Waals surface area (Å²) >= 11 is 1.00. The van der Waals surface area contributed by atoms with Crippen LogP contribution in [-0.4, -0.2) is 25.6 Å². The molecule has 2 N–H and O–H groups in total. The van der Waals surface area contributed by atoms with E-state index in [4.69, 9.17) is 0 Å². The van der Waals surface area contributed by atoms with Crippen molar-refractivity contribution in [2.75, 3.05) is 16.3 Å². The second kappa shape index (κ2) is 5.82. The van der Waals surface area contributed by atoms with E-state index in [1.165, 1.54) is 0 Å². The summed E-state index contributed by atoms with van der Waals surface area (Å²) in [5.74, 6) is -0.308. The zero-order valence-electron chi connectivity index (χ0n) is 11.8. The molecule has 1 aromatic heterocycles. The summed E-state index contributed by atoms with van der Waals surface area (Å²) in [7, 11) is -3.40. The highest BCUT2D eigenvalue weighted by Crippen LogP contribution is 2.24. The van der Waals surface area contributed by atoms with Gasteiger partial charge in [0.15, 0.2) is 5.13 Å². The van der Waals surface area contributed by atoms with Gasteiger partial charge in [0, 0.05) is 5.69 Å². The summed E-state index contributed by atoms with van der Waals surface area (Å²) in [4.78, 5) is 16.6. The fraction of sp³-hybridized carbons (Fsp3) is 0.231. The Morgan fingerprint density at radius 2 is 2.00 bits per heavy atom. The Balaban J connectivity index is 2.20. The van der Waals surface area contributed by atoms with Crippen molar-refractivity contribution >= 4 is 38.1 Å². The molecule has 0 spiro atoms. The smallest absolute Gasteiger partial charge is 0.267 e. The van der Waals surface area contributed by atoms with Crippen LogP contribution in [0, 0.1) is 13.8 Å². The Morgan fingerprint density at radius 3 is 2.62 bits per heavy atom. The van der Waals surface area contributed by atoms with Crippen LogP contribution < -0.4 is 10.0 Å². The van der Waals surface area contributed by atoms with Gasteiger partial charge in [0.2, 0.25) is 10.0 Å². The summed E-state index contributed by atoms with van der Waals surface area (Å²) in [6.45, 7) is 3.59. The third-order valence-corrected chi connectivity index (χ3v) is 4.32. The highest BCUT2D eigenvalue weighted by Gasteiger charge is 2.17. The van der Waals surface area contributed by atoms with E-state index >= 15 is 0 Å². The molecule has 0 aliphatic heterocycles. The number of hydrogen-bond acceptors (Lipinski definition) is 5. The van der Waals surface area contributed by atoms with Gasteiger partial charge in [-0.25, -0.2) is 13.4 Å². The zero-order valence-corrected chi connectivity index (χ0v) is 13.4. The minimum atomic E-state index is -3.40. The fourth-order valence-corrected chi connectivity index (χ4v) is 3.42. The number of hydrogen-bond donors (Lipinski definition) is 2. The topological polar surface area (TPSA) is 88.2 Å². The number of nitrogens with zero attached hydrogens (tertiary/aromatic N) is 1. The first kappa shape index (κ1) is 15.5. The average Bonchev–Trinajstić information content (AvgIpc) is 2.67. The third kappa shape index (κ3) is 4.27. The SMILES string of the molecule is Cc1cccc(NC(=O)c2sc(NS(C)(=O)=O)nc2C)c1. The Morgan fingerprint density at radius 1 is 1.29 bits per heavy atom. The molecular formula is C13H15N3O3S2. The Bertz CT molecular complexity index is 782. The average molecular weight is 325 g/mol. The lowest BCUT2D eigenvalue weighted by atomic mass is 10.2. The number of carbonyl (C=O) groups is 1. The maximum absolute atomic E-state index is 12.2. The second-order valence-electron chi connectivity index (χ2n) is 4.63. The lowest BCUT2D eigenvalue weighted by Crippen LogP contribution is -2.11. The van der Waals surface area contributed by atoms with Crippen LogP contribution in [0.25, 0.3) is 0 Å². The first-order chi connectivity index (χ1) is 9.74. The number of thiazole rings is 1. The van der Waals surface area contributed by atoms with Crippen molar-refractivity contribution in [2.45, 2.75) is 13.8 Å². The number of aryl methyl sites for hydroxylation is 2. The molecule has 6 nitrogen and oxygen atoms in total. The third-order valence-electron chi connectivity index (χ3n) is 2.55. The molecule has 0 aliphatic carbocycles. The number of aromatic nitrogens is 1. The summed E-state index contributed by atoms with van der Waals surface area (Å²) in [6, 6.07) is 7.42. The van der Waals surface area contributed by atoms with E-state index in [2.05, 4.69) is 15.0 Å². The van der Waals surface area contributed by atoms with Crippen molar-refractivity contribution in [1.29, 1.82) is 0 Å². The summed E-state index contributed by atoms with van der Waals surface area (Å²) in [5, 5.41) is 2.95. The summed E-state index contributed by atoms with van der Waals surface area (Å²) in [5.41, 5.74) is 2.20. The minimum absolute atomic E-state index is 0.185. The molecule has 21 heavy (non-hydrogen) atoms. The van der Waals surface area contributed by atoms with Crippen LogP contribution >= 0.6 is 11.3 Å². The maximum Gasteiger partial charge on any atom is 0.267 e. The second-order valence-corrected chi connectivity index (χ2v) is 7.38. The van der Waals surface area contributed by atoms with Crippen LogP contribution in [0.4, 0.5) is 10.8 Å². The van der Waals surface area contributed by atoms with Crippen molar-refractivity contribution in [1.82, 2.24) is 4.98 Å². The van der Waals surface area contributed by atoms with Crippen LogP contribution in [-0.2, 0) is 10.0 Å². The number of amides is 1. The number of nitrogens with one attached hydrogen (secondary N) is 2. The van der Waals surface area contributed by atoms with E-state index in [1.54, 1.807) is 13.0 Å². The first-order valence-electron chi connectivity index (χ1n) is 6.08. The maximum atomic E-state index is 12.2. The van der Waals surface area contributed by atoms with Crippen molar-refractivity contribution in [3.8, 4) is 0 Å². The van der Waals surface area contributed by atoms with Gasteiger partial charge in [-0.05, 0) is 31.5 Å². The van der Waals surface area contributed by atoms with Crippen LogP contribution in [0.1, 0.15) is 20.9 Å². The largest absolute Gasteiger partial charge is 0.321 e. The predicted molar refractivity (Wildman–Crippen MR) is 84.4 cm³/mol. The van der Waals surface area contributed by atoms with Crippen LogP contribution in [0.5, 0.6) is 0 Å². The number of carbonyl (C=O) groups excluding carboxylic acids is 1. The summed E-state index contributed by atoms with van der Waals surface area (Å²) < 4.78 is 24.6. The van der Waals surface area contributed by atoms with Gasteiger partial charge < -0.3 is 5.32 Å². The Kier molecular flexibility index (Phi) is 4.29. The molecule has 0 unspecified atom stereocenters. The highest BCUT2D eigenvalue weighted by atomic mass is 32.2. The number of anilines is 2. The van der Waals surface area contributed by atoms with Gasteiger partial charge in [-0.15, -0.1) is 0 Å². The molecule has 0 atom stereocenters. The van der Waals surface area contributed by atoms with E-state index in [0.717, 1.165) is 23.2 Å². The van der Waals surface area contributed by atoms with Crippen molar-refractivity contribution < 1.29 is 13.2 Å². The standard InChI is InChI=1S/C13H15N3O3S2/c1-8-5-4-6-10(7-8)15-12(17)11-9(2)14-13(20-11)16-21(3,18)19/h4-7H,1-3H3,(H,14,16)(H,15,17). The molecule has 0 radical (unpaired) electrons. The van der Waals surface area contributed by atoms with E-state index in [-0.39, 0.29) is 11.0 Å². The van der Waals surface area contributed by atoms with Crippen LogP contribution in [0.3, 0.4) is 0 Å².